The average molecular weight is 339 g/mol. The summed E-state index contributed by atoms with van der Waals surface area (Å²) >= 11 is 0. The molecule has 1 aliphatic heterocycles. The first-order valence-corrected chi connectivity index (χ1v) is 8.13. The van der Waals surface area contributed by atoms with E-state index in [1.54, 1.807) is 23.1 Å². The van der Waals surface area contributed by atoms with Gasteiger partial charge in [-0.05, 0) is 25.8 Å². The molecule has 1 fully saturated rings. The molecule has 1 aromatic heterocycles. The Morgan fingerprint density at radius 1 is 1.40 bits per heavy atom. The molecule has 1 saturated heterocycles. The van der Waals surface area contributed by atoms with E-state index in [2.05, 4.69) is 15.3 Å². The molecule has 0 radical (unpaired) electrons. The number of likely N-dealkylation sites (tertiary alicyclic amines) is 1. The molecule has 128 valence electrons. The fraction of sp³-hybridized carbons (Fsp3) is 0.333. The van der Waals surface area contributed by atoms with E-state index >= 15 is 0 Å². The molecule has 3 rings (SSSR count). The number of nitrogens with one attached hydrogen (secondary N) is 1. The number of anilines is 1. The largest absolute Gasteiger partial charge is 0.357 e. The van der Waals surface area contributed by atoms with Gasteiger partial charge in [-0.2, -0.15) is 5.26 Å². The molecule has 1 aliphatic rings. The number of nitrogens with zero attached hydrogens (tertiary/aromatic N) is 4. The molecule has 2 aromatic rings. The van der Waals surface area contributed by atoms with Crippen LogP contribution in [-0.2, 0) is 4.79 Å². The Labute approximate surface area is 145 Å². The lowest BCUT2D eigenvalue weighted by atomic mass is 9.99. The molecule has 1 N–H and O–H groups in total. The molecular weight excluding hydrogens is 321 g/mol. The summed E-state index contributed by atoms with van der Waals surface area (Å²) in [5, 5.41) is 11.9. The van der Waals surface area contributed by atoms with Crippen molar-refractivity contribution in [3.63, 3.8) is 0 Å². The van der Waals surface area contributed by atoms with Crippen molar-refractivity contribution < 1.29 is 9.18 Å². The zero-order valence-corrected chi connectivity index (χ0v) is 13.8. The number of hydrogen-bond acceptors (Lipinski definition) is 5. The normalized spacial score (nSPS) is 18.5. The van der Waals surface area contributed by atoms with Crippen LogP contribution in [0.4, 0.5) is 10.2 Å². The van der Waals surface area contributed by atoms with Crippen LogP contribution in [0, 0.1) is 17.1 Å². The second-order valence-electron chi connectivity index (χ2n) is 5.97. The zero-order chi connectivity index (χ0) is 17.8. The highest BCUT2D eigenvalue weighted by Gasteiger charge is 2.33. The Morgan fingerprint density at radius 2 is 2.20 bits per heavy atom. The second-order valence-corrected chi connectivity index (χ2v) is 5.97. The summed E-state index contributed by atoms with van der Waals surface area (Å²) in [6.45, 7) is 2.41. The Morgan fingerprint density at radius 3 is 2.96 bits per heavy atom. The molecule has 0 spiro atoms. The molecule has 0 unspecified atom stereocenters. The third kappa shape index (κ3) is 3.58. The monoisotopic (exact) mass is 339 g/mol. The second kappa shape index (κ2) is 7.26. The van der Waals surface area contributed by atoms with Crippen LogP contribution in [0.3, 0.4) is 0 Å². The van der Waals surface area contributed by atoms with Crippen molar-refractivity contribution in [1.82, 2.24) is 14.9 Å². The Balaban J connectivity index is 1.77. The number of piperidine rings is 1. The van der Waals surface area contributed by atoms with Gasteiger partial charge in [0.15, 0.2) is 5.69 Å². The molecular formula is C18H18FN5O. The predicted octanol–water partition coefficient (Wildman–Crippen LogP) is 2.65. The lowest BCUT2D eigenvalue weighted by molar-refractivity contribution is -0.136. The SMILES string of the molecule is C[C@@H](c1ccccc1F)N1CCC[C@H](Nc2cncc(C#N)n2)C1=O. The van der Waals surface area contributed by atoms with Crippen LogP contribution in [-0.4, -0.2) is 33.4 Å². The number of benzene rings is 1. The number of rotatable bonds is 4. The molecule has 2 heterocycles. The summed E-state index contributed by atoms with van der Waals surface area (Å²) in [4.78, 5) is 22.6. The van der Waals surface area contributed by atoms with Gasteiger partial charge in [0, 0.05) is 12.1 Å². The molecule has 1 amide bonds. The molecule has 7 heteroatoms. The van der Waals surface area contributed by atoms with Gasteiger partial charge >= 0.3 is 0 Å². The van der Waals surface area contributed by atoms with Crippen LogP contribution >= 0.6 is 0 Å². The number of halogens is 1. The minimum absolute atomic E-state index is 0.105. The maximum absolute atomic E-state index is 14.0. The molecule has 0 bridgehead atoms. The van der Waals surface area contributed by atoms with Crippen molar-refractivity contribution in [2.75, 3.05) is 11.9 Å². The van der Waals surface area contributed by atoms with Crippen LogP contribution in [0.1, 0.15) is 37.1 Å². The van der Waals surface area contributed by atoms with Gasteiger partial charge < -0.3 is 10.2 Å². The zero-order valence-electron chi connectivity index (χ0n) is 13.8. The maximum Gasteiger partial charge on any atom is 0.245 e. The van der Waals surface area contributed by atoms with E-state index in [4.69, 9.17) is 5.26 Å². The summed E-state index contributed by atoms with van der Waals surface area (Å²) in [7, 11) is 0. The smallest absolute Gasteiger partial charge is 0.245 e. The quantitative estimate of drug-likeness (QED) is 0.926. The summed E-state index contributed by atoms with van der Waals surface area (Å²) in [5.74, 6) is -0.0329. The Kier molecular flexibility index (Phi) is 4.89. The third-order valence-electron chi connectivity index (χ3n) is 4.37. The van der Waals surface area contributed by atoms with E-state index in [-0.39, 0.29) is 23.5 Å². The molecule has 6 nitrogen and oxygen atoms in total. The van der Waals surface area contributed by atoms with Crippen LogP contribution in [0.25, 0.3) is 0 Å². The molecule has 2 atom stereocenters. The maximum atomic E-state index is 14.0. The number of hydrogen-bond donors (Lipinski definition) is 1. The summed E-state index contributed by atoms with van der Waals surface area (Å²) in [5.41, 5.74) is 0.688. The Hall–Kier alpha value is -3.01. The molecule has 1 aromatic carbocycles. The van der Waals surface area contributed by atoms with E-state index in [1.807, 2.05) is 13.0 Å². The summed E-state index contributed by atoms with van der Waals surface area (Å²) in [6.07, 6.45) is 4.29. The minimum atomic E-state index is -0.466. The fourth-order valence-corrected chi connectivity index (χ4v) is 3.07. The summed E-state index contributed by atoms with van der Waals surface area (Å²) in [6, 6.07) is 7.60. The van der Waals surface area contributed by atoms with Crippen molar-refractivity contribution in [2.24, 2.45) is 0 Å². The highest BCUT2D eigenvalue weighted by atomic mass is 19.1. The van der Waals surface area contributed by atoms with E-state index in [0.29, 0.717) is 24.3 Å². The van der Waals surface area contributed by atoms with Gasteiger partial charge in [0.1, 0.15) is 23.7 Å². The number of aromatic nitrogens is 2. The van der Waals surface area contributed by atoms with Crippen molar-refractivity contribution in [3.8, 4) is 6.07 Å². The van der Waals surface area contributed by atoms with E-state index in [9.17, 15) is 9.18 Å². The average Bonchev–Trinajstić information content (AvgIpc) is 2.63. The van der Waals surface area contributed by atoms with Crippen LogP contribution in [0.5, 0.6) is 0 Å². The van der Waals surface area contributed by atoms with Gasteiger partial charge in [-0.1, -0.05) is 18.2 Å². The van der Waals surface area contributed by atoms with E-state index in [0.717, 1.165) is 6.42 Å². The van der Waals surface area contributed by atoms with Gasteiger partial charge in [0.2, 0.25) is 5.91 Å². The van der Waals surface area contributed by atoms with Crippen molar-refractivity contribution in [2.45, 2.75) is 31.8 Å². The summed E-state index contributed by atoms with van der Waals surface area (Å²) < 4.78 is 14.0. The predicted molar refractivity (Wildman–Crippen MR) is 89.9 cm³/mol. The topological polar surface area (TPSA) is 81.9 Å². The van der Waals surface area contributed by atoms with Crippen molar-refractivity contribution in [3.05, 3.63) is 53.7 Å². The number of carbonyl (C=O) groups is 1. The van der Waals surface area contributed by atoms with Gasteiger partial charge in [-0.15, -0.1) is 0 Å². The van der Waals surface area contributed by atoms with Crippen molar-refractivity contribution >= 4 is 11.7 Å². The third-order valence-corrected chi connectivity index (χ3v) is 4.37. The number of amides is 1. The van der Waals surface area contributed by atoms with E-state index in [1.165, 1.54) is 18.5 Å². The first kappa shape index (κ1) is 16.8. The van der Waals surface area contributed by atoms with Gasteiger partial charge in [-0.3, -0.25) is 9.78 Å². The van der Waals surface area contributed by atoms with Gasteiger partial charge in [-0.25, -0.2) is 9.37 Å². The number of nitriles is 1. The van der Waals surface area contributed by atoms with Gasteiger partial charge in [0.05, 0.1) is 18.4 Å². The lowest BCUT2D eigenvalue weighted by Crippen LogP contribution is -2.48. The highest BCUT2D eigenvalue weighted by Crippen LogP contribution is 2.27. The fourth-order valence-electron chi connectivity index (χ4n) is 3.07. The Bertz CT molecular complexity index is 819. The van der Waals surface area contributed by atoms with Crippen molar-refractivity contribution in [1.29, 1.82) is 5.26 Å². The highest BCUT2D eigenvalue weighted by molar-refractivity contribution is 5.85. The first-order chi connectivity index (χ1) is 12.1. The minimum Gasteiger partial charge on any atom is -0.357 e. The van der Waals surface area contributed by atoms with E-state index < -0.39 is 6.04 Å². The lowest BCUT2D eigenvalue weighted by Gasteiger charge is -2.37. The van der Waals surface area contributed by atoms with Gasteiger partial charge in [0.25, 0.3) is 0 Å². The molecule has 0 saturated carbocycles. The van der Waals surface area contributed by atoms with Crippen LogP contribution in [0.15, 0.2) is 36.7 Å². The standard InChI is InChI=1S/C18H18FN5O/c1-12(14-5-2-3-6-15(14)19)24-8-4-7-16(18(24)25)23-17-11-21-10-13(9-20)22-17/h2-3,5-6,10-12,16H,4,7-8H2,1H3,(H,22,23)/t12-,16-/m0/s1. The molecule has 0 aliphatic carbocycles. The van der Waals surface area contributed by atoms with Crippen LogP contribution in [0.2, 0.25) is 0 Å². The molecule has 25 heavy (non-hydrogen) atoms. The van der Waals surface area contributed by atoms with Crippen LogP contribution < -0.4 is 5.32 Å². The first-order valence-electron chi connectivity index (χ1n) is 8.13. The number of carbonyl (C=O) groups excluding carboxylic acids is 1.